The molecule has 0 aliphatic carbocycles. The van der Waals surface area contributed by atoms with Crippen LogP contribution in [-0.2, 0) is 10.0 Å². The fourth-order valence-corrected chi connectivity index (χ4v) is 4.22. The summed E-state index contributed by atoms with van der Waals surface area (Å²) in [5.41, 5.74) is 2.01. The van der Waals surface area contributed by atoms with E-state index in [0.29, 0.717) is 27.9 Å². The lowest BCUT2D eigenvalue weighted by Gasteiger charge is -2.14. The summed E-state index contributed by atoms with van der Waals surface area (Å²) >= 11 is 0. The fraction of sp³-hybridized carbons (Fsp3) is 0.136. The van der Waals surface area contributed by atoms with Crippen molar-refractivity contribution in [2.75, 3.05) is 10.6 Å². The van der Waals surface area contributed by atoms with Crippen molar-refractivity contribution in [3.63, 3.8) is 0 Å². The molecule has 0 atom stereocenters. The molecule has 2 aromatic heterocycles. The van der Waals surface area contributed by atoms with Crippen LogP contribution in [0.4, 0.5) is 27.5 Å². The number of sulfonamides is 1. The Bertz CT molecular complexity index is 1510. The number of aromatic nitrogens is 2. The third kappa shape index (κ3) is 4.77. The van der Waals surface area contributed by atoms with Crippen LogP contribution in [-0.4, -0.2) is 18.4 Å². The lowest BCUT2D eigenvalue weighted by Crippen LogP contribution is -2.15. The number of furan rings is 1. The van der Waals surface area contributed by atoms with E-state index in [4.69, 9.17) is 14.8 Å². The van der Waals surface area contributed by atoms with Gasteiger partial charge in [-0.1, -0.05) is 19.9 Å². The van der Waals surface area contributed by atoms with Crippen LogP contribution in [0.25, 0.3) is 11.0 Å². The van der Waals surface area contributed by atoms with Gasteiger partial charge in [-0.25, -0.2) is 22.9 Å². The van der Waals surface area contributed by atoms with E-state index in [0.717, 1.165) is 6.20 Å². The van der Waals surface area contributed by atoms with Gasteiger partial charge in [0.15, 0.2) is 11.6 Å². The Morgan fingerprint density at radius 1 is 1.12 bits per heavy atom. The van der Waals surface area contributed by atoms with Crippen molar-refractivity contribution in [3.05, 3.63) is 65.8 Å². The van der Waals surface area contributed by atoms with E-state index in [1.54, 1.807) is 36.4 Å². The molecule has 9 nitrogen and oxygen atoms in total. The number of anilines is 4. The van der Waals surface area contributed by atoms with Gasteiger partial charge in [0.25, 0.3) is 0 Å². The Labute approximate surface area is 189 Å². The first-order chi connectivity index (χ1) is 15.6. The van der Waals surface area contributed by atoms with Crippen LogP contribution in [0.3, 0.4) is 0 Å². The van der Waals surface area contributed by atoms with E-state index in [1.807, 2.05) is 19.9 Å². The number of nitrogens with one attached hydrogen (secondary N) is 2. The summed E-state index contributed by atoms with van der Waals surface area (Å²) < 4.78 is 43.7. The second-order valence-corrected chi connectivity index (χ2v) is 9.10. The second kappa shape index (κ2) is 8.50. The molecule has 2 aromatic carbocycles. The summed E-state index contributed by atoms with van der Waals surface area (Å²) in [6.07, 6.45) is 0.991. The topological polar surface area (TPSA) is 147 Å². The van der Waals surface area contributed by atoms with Crippen molar-refractivity contribution in [2.45, 2.75) is 24.7 Å². The highest BCUT2D eigenvalue weighted by Gasteiger charge is 2.18. The Morgan fingerprint density at radius 3 is 2.55 bits per heavy atom. The highest BCUT2D eigenvalue weighted by atomic mass is 32.2. The van der Waals surface area contributed by atoms with Crippen molar-refractivity contribution in [1.82, 2.24) is 9.97 Å². The first-order valence-electron chi connectivity index (χ1n) is 9.81. The highest BCUT2D eigenvalue weighted by molar-refractivity contribution is 7.89. The van der Waals surface area contributed by atoms with Crippen molar-refractivity contribution in [1.29, 1.82) is 5.26 Å². The molecule has 0 amide bonds. The zero-order valence-electron chi connectivity index (χ0n) is 17.6. The highest BCUT2D eigenvalue weighted by Crippen LogP contribution is 2.28. The van der Waals surface area contributed by atoms with Crippen LogP contribution in [0.5, 0.6) is 0 Å². The van der Waals surface area contributed by atoms with Crippen molar-refractivity contribution in [3.8, 4) is 6.07 Å². The van der Waals surface area contributed by atoms with Gasteiger partial charge in [0, 0.05) is 22.8 Å². The molecule has 168 valence electrons. The normalized spacial score (nSPS) is 11.5. The van der Waals surface area contributed by atoms with Gasteiger partial charge in [-0.05, 0) is 41.8 Å². The number of primary sulfonamides is 1. The van der Waals surface area contributed by atoms with E-state index in [-0.39, 0.29) is 28.3 Å². The third-order valence-corrected chi connectivity index (χ3v) is 5.80. The van der Waals surface area contributed by atoms with Gasteiger partial charge in [-0.3, -0.25) is 0 Å². The monoisotopic (exact) mass is 466 g/mol. The minimum Gasteiger partial charge on any atom is -0.446 e. The van der Waals surface area contributed by atoms with Gasteiger partial charge in [-0.2, -0.15) is 10.2 Å². The zero-order chi connectivity index (χ0) is 23.8. The van der Waals surface area contributed by atoms with E-state index in [1.165, 1.54) is 6.07 Å². The number of nitrogens with zero attached hydrogens (tertiary/aromatic N) is 3. The minimum atomic E-state index is -3.95. The van der Waals surface area contributed by atoms with E-state index >= 15 is 0 Å². The number of hydrogen-bond acceptors (Lipinski definition) is 8. The van der Waals surface area contributed by atoms with Gasteiger partial charge in [0.2, 0.25) is 21.7 Å². The summed E-state index contributed by atoms with van der Waals surface area (Å²) in [7, 11) is -3.95. The van der Waals surface area contributed by atoms with Crippen molar-refractivity contribution in [2.24, 2.45) is 5.14 Å². The molecule has 0 spiro atoms. The van der Waals surface area contributed by atoms with Gasteiger partial charge < -0.3 is 15.1 Å². The zero-order valence-corrected chi connectivity index (χ0v) is 18.4. The number of fused-ring (bicyclic) bond motifs is 1. The molecular weight excluding hydrogens is 447 g/mol. The Kier molecular flexibility index (Phi) is 5.71. The number of hydrogen-bond donors (Lipinski definition) is 3. The van der Waals surface area contributed by atoms with E-state index in [9.17, 15) is 12.8 Å². The molecular formula is C22H19FN6O3S. The maximum absolute atomic E-state index is 14.4. The van der Waals surface area contributed by atoms with Gasteiger partial charge in [0.05, 0.1) is 11.1 Å². The van der Waals surface area contributed by atoms with Crippen LogP contribution < -0.4 is 15.8 Å². The lowest BCUT2D eigenvalue weighted by atomic mass is 10.0. The van der Waals surface area contributed by atoms with Crippen LogP contribution in [0, 0.1) is 17.1 Å². The van der Waals surface area contributed by atoms with Crippen molar-refractivity contribution < 1.29 is 17.2 Å². The second-order valence-electron chi connectivity index (χ2n) is 7.57. The largest absolute Gasteiger partial charge is 0.446 e. The maximum atomic E-state index is 14.4. The standard InChI is InChI=1S/C22H19FN6O3S/c1-12(2)17-5-3-15(9-20(17)33(25,30)31)28-22-26-11-18(23)21(29-22)27-14-4-6-19-13(7-14)8-16(10-24)32-19/h3-9,11-12H,1-2H3,(H2,25,30,31)(H2,26,27,28,29). The quantitative estimate of drug-likeness (QED) is 0.376. The molecule has 0 aliphatic rings. The molecule has 0 saturated carbocycles. The number of nitrogens with two attached hydrogens (primary N) is 1. The minimum absolute atomic E-state index is 0.00638. The SMILES string of the molecule is CC(C)c1ccc(Nc2ncc(F)c(Nc3ccc4oc(C#N)cc4c3)n2)cc1S(N)(=O)=O. The number of nitriles is 1. The van der Waals surface area contributed by atoms with E-state index < -0.39 is 15.8 Å². The van der Waals surface area contributed by atoms with Crippen LogP contribution in [0.1, 0.15) is 31.1 Å². The molecule has 4 aromatic rings. The molecule has 2 heterocycles. The molecule has 33 heavy (non-hydrogen) atoms. The van der Waals surface area contributed by atoms with Crippen LogP contribution in [0.2, 0.25) is 0 Å². The van der Waals surface area contributed by atoms with Crippen molar-refractivity contribution >= 4 is 44.1 Å². The molecule has 0 radical (unpaired) electrons. The molecule has 4 rings (SSSR count). The first kappa shape index (κ1) is 22.2. The van der Waals surface area contributed by atoms with Gasteiger partial charge in [-0.15, -0.1) is 0 Å². The number of halogens is 1. The maximum Gasteiger partial charge on any atom is 0.238 e. The number of benzene rings is 2. The molecule has 4 N–H and O–H groups in total. The Hall–Kier alpha value is -4.01. The third-order valence-electron chi connectivity index (χ3n) is 4.83. The first-order valence-corrected chi connectivity index (χ1v) is 11.4. The van der Waals surface area contributed by atoms with Gasteiger partial charge >= 0.3 is 0 Å². The predicted octanol–water partition coefficient (Wildman–Crippen LogP) is 4.49. The molecule has 0 fully saturated rings. The summed E-state index contributed by atoms with van der Waals surface area (Å²) in [5, 5.41) is 20.7. The average molecular weight is 466 g/mol. The summed E-state index contributed by atoms with van der Waals surface area (Å²) in [6, 6.07) is 13.2. The average Bonchev–Trinajstić information content (AvgIpc) is 3.18. The van der Waals surface area contributed by atoms with Crippen LogP contribution in [0.15, 0.2) is 58.0 Å². The Balaban J connectivity index is 1.62. The summed E-state index contributed by atoms with van der Waals surface area (Å²) in [4.78, 5) is 8.06. The Morgan fingerprint density at radius 2 is 1.85 bits per heavy atom. The smallest absolute Gasteiger partial charge is 0.238 e. The molecule has 0 bridgehead atoms. The summed E-state index contributed by atoms with van der Waals surface area (Å²) in [5.74, 6) is -0.619. The van der Waals surface area contributed by atoms with Gasteiger partial charge in [0.1, 0.15) is 11.7 Å². The van der Waals surface area contributed by atoms with Crippen LogP contribution >= 0.6 is 0 Å². The predicted molar refractivity (Wildman–Crippen MR) is 121 cm³/mol. The molecule has 0 saturated heterocycles. The molecule has 0 aliphatic heterocycles. The van der Waals surface area contributed by atoms with E-state index in [2.05, 4.69) is 20.6 Å². The fourth-order valence-electron chi connectivity index (χ4n) is 3.29. The number of rotatable bonds is 6. The lowest BCUT2D eigenvalue weighted by molar-refractivity contribution is 0.595. The molecule has 11 heteroatoms. The molecule has 0 unspecified atom stereocenters. The summed E-state index contributed by atoms with van der Waals surface area (Å²) in [6.45, 7) is 3.72.